The molecule has 7 heteroatoms. The van der Waals surface area contributed by atoms with E-state index in [4.69, 9.17) is 4.98 Å². The topological polar surface area (TPSA) is 72.2 Å². The van der Waals surface area contributed by atoms with Gasteiger partial charge >= 0.3 is 0 Å². The van der Waals surface area contributed by atoms with Crippen LogP contribution in [0.5, 0.6) is 0 Å². The molecule has 2 heterocycles. The smallest absolute Gasteiger partial charge is 0.233 e. The van der Waals surface area contributed by atoms with Crippen molar-refractivity contribution in [2.75, 3.05) is 6.54 Å². The number of rotatable bonds is 6. The van der Waals surface area contributed by atoms with E-state index in [1.54, 1.807) is 4.52 Å². The van der Waals surface area contributed by atoms with Crippen LogP contribution in [0.3, 0.4) is 0 Å². The molecule has 0 radical (unpaired) electrons. The highest BCUT2D eigenvalue weighted by molar-refractivity contribution is 8.00. The number of carbonyl (C=O) groups is 1. The van der Waals surface area contributed by atoms with Gasteiger partial charge in [0.25, 0.3) is 0 Å². The number of nitrogens with one attached hydrogen (secondary N) is 1. The quantitative estimate of drug-likeness (QED) is 0.542. The van der Waals surface area contributed by atoms with Crippen molar-refractivity contribution in [2.24, 2.45) is 5.92 Å². The third-order valence-electron chi connectivity index (χ3n) is 3.93. The predicted octanol–water partition coefficient (Wildman–Crippen LogP) is 3.23. The Morgan fingerprint density at radius 1 is 1.24 bits per heavy atom. The molecule has 2 aromatic heterocycles. The Kier molecular flexibility index (Phi) is 5.22. The van der Waals surface area contributed by atoms with Crippen LogP contribution < -0.4 is 5.32 Å². The maximum atomic E-state index is 12.3. The number of hydrogen-bond acceptors (Lipinski definition) is 5. The molecule has 3 rings (SSSR count). The maximum absolute atomic E-state index is 12.3. The monoisotopic (exact) mass is 357 g/mol. The van der Waals surface area contributed by atoms with Gasteiger partial charge in [-0.05, 0) is 38.3 Å². The minimum atomic E-state index is -0.256. The van der Waals surface area contributed by atoms with Gasteiger partial charge in [-0.15, -0.1) is 5.10 Å². The molecular formula is C18H23N5OS. The summed E-state index contributed by atoms with van der Waals surface area (Å²) in [6.45, 7) is 8.74. The minimum absolute atomic E-state index is 0.0191. The standard InChI is InChI=1S/C18H23N5OS/c1-11(2)9-10-19-17(24)12(3)25-18-21-15-8-6-5-7-14(15)16-20-13(4)22-23(16)18/h5-8,11-12H,9-10H2,1-4H3,(H,19,24). The molecule has 0 aliphatic carbocycles. The fourth-order valence-electron chi connectivity index (χ4n) is 2.55. The molecule has 0 saturated carbocycles. The lowest BCUT2D eigenvalue weighted by Gasteiger charge is -2.13. The summed E-state index contributed by atoms with van der Waals surface area (Å²) in [5.41, 5.74) is 1.63. The van der Waals surface area contributed by atoms with Crippen LogP contribution in [0.25, 0.3) is 16.6 Å². The lowest BCUT2D eigenvalue weighted by Crippen LogP contribution is -2.32. The Bertz CT molecular complexity index is 905. The van der Waals surface area contributed by atoms with Crippen LogP contribution in [-0.4, -0.2) is 37.3 Å². The van der Waals surface area contributed by atoms with E-state index in [1.165, 1.54) is 11.8 Å². The molecule has 1 atom stereocenters. The summed E-state index contributed by atoms with van der Waals surface area (Å²) in [5.74, 6) is 1.28. The Hall–Kier alpha value is -2.15. The first-order chi connectivity index (χ1) is 12.0. The average Bonchev–Trinajstić information content (AvgIpc) is 2.96. The zero-order valence-electron chi connectivity index (χ0n) is 15.0. The van der Waals surface area contributed by atoms with Crippen LogP contribution in [0.4, 0.5) is 0 Å². The van der Waals surface area contributed by atoms with Crippen LogP contribution in [0.2, 0.25) is 0 Å². The number of aromatic nitrogens is 4. The third kappa shape index (κ3) is 3.92. The van der Waals surface area contributed by atoms with Gasteiger partial charge in [-0.3, -0.25) is 4.79 Å². The molecule has 6 nitrogen and oxygen atoms in total. The average molecular weight is 357 g/mol. The number of aryl methyl sites for hydroxylation is 1. The van der Waals surface area contributed by atoms with E-state index in [9.17, 15) is 4.79 Å². The summed E-state index contributed by atoms with van der Waals surface area (Å²) in [7, 11) is 0. The first-order valence-electron chi connectivity index (χ1n) is 8.52. The van der Waals surface area contributed by atoms with Crippen molar-refractivity contribution >= 4 is 34.2 Å². The van der Waals surface area contributed by atoms with Crippen LogP contribution in [-0.2, 0) is 4.79 Å². The van der Waals surface area contributed by atoms with Crippen molar-refractivity contribution in [3.8, 4) is 0 Å². The van der Waals surface area contributed by atoms with Gasteiger partial charge in [0.05, 0.1) is 10.8 Å². The van der Waals surface area contributed by atoms with Crippen LogP contribution in [0, 0.1) is 12.8 Å². The second-order valence-electron chi connectivity index (χ2n) is 6.54. The largest absolute Gasteiger partial charge is 0.355 e. The minimum Gasteiger partial charge on any atom is -0.355 e. The molecule has 132 valence electrons. The Morgan fingerprint density at radius 2 is 2.00 bits per heavy atom. The molecule has 1 amide bonds. The fraction of sp³-hybridized carbons (Fsp3) is 0.444. The molecule has 0 fully saturated rings. The highest BCUT2D eigenvalue weighted by Gasteiger charge is 2.19. The molecule has 25 heavy (non-hydrogen) atoms. The lowest BCUT2D eigenvalue weighted by atomic mass is 10.1. The zero-order chi connectivity index (χ0) is 18.0. The van der Waals surface area contributed by atoms with E-state index in [-0.39, 0.29) is 11.2 Å². The van der Waals surface area contributed by atoms with Gasteiger partial charge in [-0.25, -0.2) is 9.97 Å². The number of para-hydroxylation sites is 1. The highest BCUT2D eigenvalue weighted by Crippen LogP contribution is 2.26. The van der Waals surface area contributed by atoms with Gasteiger partial charge in [0.15, 0.2) is 10.8 Å². The molecule has 0 aliphatic rings. The number of carbonyl (C=O) groups excluding carboxylic acids is 1. The van der Waals surface area contributed by atoms with Gasteiger partial charge in [0, 0.05) is 11.9 Å². The number of thioether (sulfide) groups is 1. The van der Waals surface area contributed by atoms with Crippen LogP contribution in [0.1, 0.15) is 33.0 Å². The van der Waals surface area contributed by atoms with E-state index in [0.29, 0.717) is 23.4 Å². The second kappa shape index (κ2) is 7.39. The van der Waals surface area contributed by atoms with Crippen molar-refractivity contribution in [1.29, 1.82) is 0 Å². The predicted molar refractivity (Wildman–Crippen MR) is 101 cm³/mol. The molecule has 3 aromatic rings. The number of amides is 1. The summed E-state index contributed by atoms with van der Waals surface area (Å²) in [4.78, 5) is 21.5. The first kappa shape index (κ1) is 17.7. The van der Waals surface area contributed by atoms with Crippen molar-refractivity contribution in [3.63, 3.8) is 0 Å². The second-order valence-corrected chi connectivity index (χ2v) is 7.85. The van der Waals surface area contributed by atoms with Crippen molar-refractivity contribution in [2.45, 2.75) is 44.5 Å². The number of hydrogen-bond donors (Lipinski definition) is 1. The van der Waals surface area contributed by atoms with Gasteiger partial charge in [-0.1, -0.05) is 37.7 Å². The Morgan fingerprint density at radius 3 is 2.76 bits per heavy atom. The van der Waals surface area contributed by atoms with E-state index in [1.807, 2.05) is 38.1 Å². The van der Waals surface area contributed by atoms with Crippen molar-refractivity contribution in [3.05, 3.63) is 30.1 Å². The summed E-state index contributed by atoms with van der Waals surface area (Å²) >= 11 is 1.41. The van der Waals surface area contributed by atoms with E-state index >= 15 is 0 Å². The normalized spacial score (nSPS) is 12.8. The Labute approximate surface area is 151 Å². The molecule has 0 saturated heterocycles. The number of fused-ring (bicyclic) bond motifs is 3. The summed E-state index contributed by atoms with van der Waals surface area (Å²) in [6, 6.07) is 7.86. The van der Waals surface area contributed by atoms with Crippen molar-refractivity contribution in [1.82, 2.24) is 24.9 Å². The SMILES string of the molecule is Cc1nc2c3ccccc3nc(SC(C)C(=O)NCCC(C)C)n2n1. The molecule has 1 aromatic carbocycles. The number of nitrogens with zero attached hydrogens (tertiary/aromatic N) is 4. The first-order valence-corrected chi connectivity index (χ1v) is 9.40. The summed E-state index contributed by atoms with van der Waals surface area (Å²) in [5, 5.41) is 8.83. The van der Waals surface area contributed by atoms with E-state index < -0.39 is 0 Å². The molecule has 0 aliphatic heterocycles. The van der Waals surface area contributed by atoms with Gasteiger partial charge in [0.2, 0.25) is 5.91 Å². The van der Waals surface area contributed by atoms with Crippen molar-refractivity contribution < 1.29 is 4.79 Å². The molecule has 1 N–H and O–H groups in total. The fourth-order valence-corrected chi connectivity index (χ4v) is 3.43. The van der Waals surface area contributed by atoms with Crippen LogP contribution in [0.15, 0.2) is 29.4 Å². The third-order valence-corrected chi connectivity index (χ3v) is 4.97. The maximum Gasteiger partial charge on any atom is 0.233 e. The van der Waals surface area contributed by atoms with E-state index in [0.717, 1.165) is 23.0 Å². The number of benzene rings is 1. The highest BCUT2D eigenvalue weighted by atomic mass is 32.2. The zero-order valence-corrected chi connectivity index (χ0v) is 15.8. The van der Waals surface area contributed by atoms with Gasteiger partial charge in [0.1, 0.15) is 5.82 Å². The Balaban J connectivity index is 1.86. The molecule has 1 unspecified atom stereocenters. The molecular weight excluding hydrogens is 334 g/mol. The van der Waals surface area contributed by atoms with Gasteiger partial charge in [-0.2, -0.15) is 4.52 Å². The van der Waals surface area contributed by atoms with Gasteiger partial charge < -0.3 is 5.32 Å². The lowest BCUT2D eigenvalue weighted by molar-refractivity contribution is -0.120. The summed E-state index contributed by atoms with van der Waals surface area (Å²) in [6.07, 6.45) is 0.976. The van der Waals surface area contributed by atoms with Crippen LogP contribution >= 0.6 is 11.8 Å². The molecule has 0 bridgehead atoms. The summed E-state index contributed by atoms with van der Waals surface area (Å²) < 4.78 is 1.74. The van der Waals surface area contributed by atoms with E-state index in [2.05, 4.69) is 29.2 Å². The molecule has 0 spiro atoms.